The van der Waals surface area contributed by atoms with E-state index in [0.717, 1.165) is 19.6 Å². The first-order valence-electron chi connectivity index (χ1n) is 6.53. The van der Waals surface area contributed by atoms with Gasteiger partial charge in [0.15, 0.2) is 5.82 Å². The summed E-state index contributed by atoms with van der Waals surface area (Å²) in [6.45, 7) is 4.53. The van der Waals surface area contributed by atoms with Crippen molar-refractivity contribution in [1.29, 1.82) is 0 Å². The molecular weight excluding hydrogens is 261 g/mol. The lowest BCUT2D eigenvalue weighted by atomic mass is 10.2. The van der Waals surface area contributed by atoms with Gasteiger partial charge in [0, 0.05) is 25.7 Å². The predicted octanol–water partition coefficient (Wildman–Crippen LogP) is 1.11. The highest BCUT2D eigenvalue weighted by Gasteiger charge is 2.21. The van der Waals surface area contributed by atoms with Gasteiger partial charge in [0.05, 0.1) is 5.56 Å². The molecule has 1 aliphatic rings. The van der Waals surface area contributed by atoms with E-state index in [4.69, 9.17) is 0 Å². The van der Waals surface area contributed by atoms with Crippen LogP contribution in [0.25, 0.3) is 11.4 Å². The van der Waals surface area contributed by atoms with Crippen molar-refractivity contribution in [2.75, 3.05) is 24.5 Å². The molecule has 0 aliphatic carbocycles. The maximum absolute atomic E-state index is 13.8. The fourth-order valence-corrected chi connectivity index (χ4v) is 2.37. The number of phenols is 1. The van der Waals surface area contributed by atoms with Gasteiger partial charge in [-0.2, -0.15) is 4.98 Å². The van der Waals surface area contributed by atoms with Gasteiger partial charge >= 0.3 is 0 Å². The van der Waals surface area contributed by atoms with E-state index >= 15 is 0 Å². The summed E-state index contributed by atoms with van der Waals surface area (Å²) in [5.74, 6) is 0.0838. The Morgan fingerprint density at radius 2 is 2.30 bits per heavy atom. The molecule has 3 rings (SSSR count). The van der Waals surface area contributed by atoms with E-state index in [1.165, 1.54) is 18.2 Å². The summed E-state index contributed by atoms with van der Waals surface area (Å²) in [6, 6.07) is 4.51. The molecule has 7 heteroatoms. The third-order valence-electron chi connectivity index (χ3n) is 3.35. The molecule has 2 aromatic rings. The largest absolute Gasteiger partial charge is 0.507 e. The molecule has 0 spiro atoms. The van der Waals surface area contributed by atoms with Gasteiger partial charge in [0.1, 0.15) is 11.6 Å². The van der Waals surface area contributed by atoms with Gasteiger partial charge in [-0.3, -0.25) is 5.10 Å². The Morgan fingerprint density at radius 3 is 3.05 bits per heavy atom. The monoisotopic (exact) mass is 277 g/mol. The van der Waals surface area contributed by atoms with Gasteiger partial charge in [-0.05, 0) is 19.1 Å². The molecule has 0 radical (unpaired) electrons. The standard InChI is InChI=1S/C13H16FN5O/c1-8-7-19(6-5-15-8)13-16-12(17-18-13)11-9(14)3-2-4-10(11)20/h2-4,8,15,20H,5-7H2,1H3,(H,16,17,18)/t8-/m0/s1. The number of halogens is 1. The van der Waals surface area contributed by atoms with Crippen molar-refractivity contribution in [1.82, 2.24) is 20.5 Å². The molecule has 0 saturated carbocycles. The number of piperazine rings is 1. The third kappa shape index (κ3) is 2.32. The van der Waals surface area contributed by atoms with Gasteiger partial charge < -0.3 is 15.3 Å². The van der Waals surface area contributed by atoms with E-state index in [9.17, 15) is 9.50 Å². The topological polar surface area (TPSA) is 77.1 Å². The van der Waals surface area contributed by atoms with Crippen LogP contribution in [0.15, 0.2) is 18.2 Å². The van der Waals surface area contributed by atoms with Crippen molar-refractivity contribution >= 4 is 5.95 Å². The highest BCUT2D eigenvalue weighted by molar-refractivity contribution is 5.65. The highest BCUT2D eigenvalue weighted by atomic mass is 19.1. The van der Waals surface area contributed by atoms with Crippen LogP contribution >= 0.6 is 0 Å². The summed E-state index contributed by atoms with van der Waals surface area (Å²) in [4.78, 5) is 6.32. The Hall–Kier alpha value is -2.15. The summed E-state index contributed by atoms with van der Waals surface area (Å²) in [5, 5.41) is 19.9. The van der Waals surface area contributed by atoms with Crippen LogP contribution in [0.2, 0.25) is 0 Å². The van der Waals surface area contributed by atoms with Gasteiger partial charge in [0.25, 0.3) is 0 Å². The molecule has 1 aromatic carbocycles. The predicted molar refractivity (Wildman–Crippen MR) is 73.1 cm³/mol. The zero-order valence-electron chi connectivity index (χ0n) is 11.1. The smallest absolute Gasteiger partial charge is 0.245 e. The number of nitrogens with one attached hydrogen (secondary N) is 2. The van der Waals surface area contributed by atoms with Crippen LogP contribution < -0.4 is 10.2 Å². The molecule has 1 fully saturated rings. The van der Waals surface area contributed by atoms with Crippen LogP contribution in [-0.2, 0) is 0 Å². The number of hydrogen-bond donors (Lipinski definition) is 3. The van der Waals surface area contributed by atoms with Crippen molar-refractivity contribution in [3.8, 4) is 17.1 Å². The van der Waals surface area contributed by atoms with Crippen molar-refractivity contribution in [2.24, 2.45) is 0 Å². The van der Waals surface area contributed by atoms with Gasteiger partial charge in [-0.15, -0.1) is 5.10 Å². The Labute approximate surface area is 115 Å². The van der Waals surface area contributed by atoms with Crippen LogP contribution in [0.5, 0.6) is 5.75 Å². The van der Waals surface area contributed by atoms with Gasteiger partial charge in [-0.1, -0.05) is 6.07 Å². The molecule has 1 saturated heterocycles. The number of phenolic OH excluding ortho intramolecular Hbond substituents is 1. The van der Waals surface area contributed by atoms with Crippen LogP contribution in [0.4, 0.5) is 10.3 Å². The van der Waals surface area contributed by atoms with Crippen molar-refractivity contribution in [2.45, 2.75) is 13.0 Å². The maximum atomic E-state index is 13.8. The molecule has 1 aromatic heterocycles. The first-order chi connectivity index (χ1) is 9.65. The van der Waals surface area contributed by atoms with Crippen LogP contribution in [0, 0.1) is 5.82 Å². The van der Waals surface area contributed by atoms with Crippen LogP contribution in [0.1, 0.15) is 6.92 Å². The molecule has 0 unspecified atom stereocenters. The molecule has 106 valence electrons. The number of hydrogen-bond acceptors (Lipinski definition) is 5. The number of benzene rings is 1. The summed E-state index contributed by atoms with van der Waals surface area (Å²) in [5.41, 5.74) is 0.0504. The first kappa shape index (κ1) is 12.9. The Morgan fingerprint density at radius 1 is 1.45 bits per heavy atom. The van der Waals surface area contributed by atoms with E-state index in [1.807, 2.05) is 4.90 Å². The number of aromatic amines is 1. The van der Waals surface area contributed by atoms with Crippen LogP contribution in [0.3, 0.4) is 0 Å². The molecule has 0 amide bonds. The fourth-order valence-electron chi connectivity index (χ4n) is 2.37. The molecular formula is C13H16FN5O. The van der Waals surface area contributed by atoms with E-state index in [2.05, 4.69) is 27.4 Å². The number of anilines is 1. The van der Waals surface area contributed by atoms with Crippen molar-refractivity contribution in [3.05, 3.63) is 24.0 Å². The van der Waals surface area contributed by atoms with Gasteiger partial charge in [-0.25, -0.2) is 4.39 Å². The number of H-pyrrole nitrogens is 1. The summed E-state index contributed by atoms with van der Waals surface area (Å²) >= 11 is 0. The summed E-state index contributed by atoms with van der Waals surface area (Å²) in [6.07, 6.45) is 0. The summed E-state index contributed by atoms with van der Waals surface area (Å²) in [7, 11) is 0. The number of nitrogens with zero attached hydrogens (tertiary/aromatic N) is 3. The Balaban J connectivity index is 1.90. The average molecular weight is 277 g/mol. The quantitative estimate of drug-likeness (QED) is 0.766. The number of aromatic nitrogens is 3. The zero-order valence-corrected chi connectivity index (χ0v) is 11.1. The molecule has 1 aliphatic heterocycles. The Kier molecular flexibility index (Phi) is 3.27. The average Bonchev–Trinajstić information content (AvgIpc) is 2.88. The second-order valence-electron chi connectivity index (χ2n) is 4.92. The highest BCUT2D eigenvalue weighted by Crippen LogP contribution is 2.29. The lowest BCUT2D eigenvalue weighted by Gasteiger charge is -2.30. The van der Waals surface area contributed by atoms with E-state index < -0.39 is 5.82 Å². The minimum absolute atomic E-state index is 0.0504. The number of rotatable bonds is 2. The first-order valence-corrected chi connectivity index (χ1v) is 6.53. The molecule has 20 heavy (non-hydrogen) atoms. The Bertz CT molecular complexity index is 594. The van der Waals surface area contributed by atoms with E-state index in [-0.39, 0.29) is 17.1 Å². The SMILES string of the molecule is C[C@H]1CN(c2n[nH]c(-c3c(O)cccc3F)n2)CCN1. The normalized spacial score (nSPS) is 19.3. The molecule has 3 N–H and O–H groups in total. The lowest BCUT2D eigenvalue weighted by molar-refractivity contribution is 0.471. The molecule has 2 heterocycles. The van der Waals surface area contributed by atoms with Crippen molar-refractivity contribution < 1.29 is 9.50 Å². The molecule has 1 atom stereocenters. The second kappa shape index (κ2) is 5.09. The second-order valence-corrected chi connectivity index (χ2v) is 4.92. The molecule has 6 nitrogen and oxygen atoms in total. The minimum atomic E-state index is -0.527. The lowest BCUT2D eigenvalue weighted by Crippen LogP contribution is -2.49. The number of aromatic hydroxyl groups is 1. The fraction of sp³-hybridized carbons (Fsp3) is 0.385. The maximum Gasteiger partial charge on any atom is 0.245 e. The minimum Gasteiger partial charge on any atom is -0.507 e. The van der Waals surface area contributed by atoms with E-state index in [1.54, 1.807) is 0 Å². The molecule has 0 bridgehead atoms. The van der Waals surface area contributed by atoms with Crippen molar-refractivity contribution in [3.63, 3.8) is 0 Å². The van der Waals surface area contributed by atoms with E-state index in [0.29, 0.717) is 12.0 Å². The van der Waals surface area contributed by atoms with Crippen LogP contribution in [-0.4, -0.2) is 46.0 Å². The third-order valence-corrected chi connectivity index (χ3v) is 3.35. The summed E-state index contributed by atoms with van der Waals surface area (Å²) < 4.78 is 13.8. The van der Waals surface area contributed by atoms with Gasteiger partial charge in [0.2, 0.25) is 5.95 Å². The zero-order chi connectivity index (χ0) is 14.1.